The predicted octanol–water partition coefficient (Wildman–Crippen LogP) is -2.46. The molecule has 0 amide bonds. The van der Waals surface area contributed by atoms with Crippen LogP contribution in [0, 0.1) is 0 Å². The summed E-state index contributed by atoms with van der Waals surface area (Å²) in [6, 6.07) is 0. The Labute approximate surface area is 114 Å². The molecule has 7 nitrogen and oxygen atoms in total. The van der Waals surface area contributed by atoms with Gasteiger partial charge in [-0.3, -0.25) is 0 Å². The molecule has 0 bridgehead atoms. The van der Waals surface area contributed by atoms with Gasteiger partial charge in [-0.1, -0.05) is 0 Å². The van der Waals surface area contributed by atoms with E-state index in [1.807, 2.05) is 0 Å². The van der Waals surface area contributed by atoms with E-state index in [1.54, 1.807) is 0 Å². The van der Waals surface area contributed by atoms with Crippen molar-refractivity contribution in [3.63, 3.8) is 0 Å². The fraction of sp³-hybridized carbons (Fsp3) is 1.00. The monoisotopic (exact) mass is 295 g/mol. The molecule has 19 heavy (non-hydrogen) atoms. The van der Waals surface area contributed by atoms with Crippen LogP contribution in [0.2, 0.25) is 0 Å². The largest absolute Gasteiger partial charge is 0.748 e. The van der Waals surface area contributed by atoms with Crippen molar-refractivity contribution in [2.24, 2.45) is 0 Å². The Bertz CT molecular complexity index is 380. The van der Waals surface area contributed by atoms with Crippen molar-refractivity contribution in [3.05, 3.63) is 0 Å². The van der Waals surface area contributed by atoms with Crippen molar-refractivity contribution in [2.75, 3.05) is 58.6 Å². The highest BCUT2D eigenvalue weighted by molar-refractivity contribution is 7.84. The molecule has 0 atom stereocenters. The van der Waals surface area contributed by atoms with E-state index in [0.717, 1.165) is 35.1 Å². The van der Waals surface area contributed by atoms with E-state index < -0.39 is 10.1 Å². The third-order valence-corrected chi connectivity index (χ3v) is 4.49. The van der Waals surface area contributed by atoms with Gasteiger partial charge in [0, 0.05) is 6.26 Å². The fourth-order valence-corrected chi connectivity index (χ4v) is 3.48. The molecule has 2 spiro atoms. The summed E-state index contributed by atoms with van der Waals surface area (Å²) in [6.45, 7) is 8.75. The molecule has 0 unspecified atom stereocenters. The number of aliphatic hydroxyl groups excluding tert-OH is 2. The summed E-state index contributed by atoms with van der Waals surface area (Å²) >= 11 is 0. The minimum atomic E-state index is -3.92. The van der Waals surface area contributed by atoms with E-state index in [4.69, 9.17) is 13.0 Å². The molecule has 112 valence electrons. The topological polar surface area (TPSA) is 97.7 Å². The minimum Gasteiger partial charge on any atom is -0.748 e. The average Bonchev–Trinajstić information content (AvgIpc) is 2.15. The maximum absolute atomic E-state index is 9.35. The summed E-state index contributed by atoms with van der Waals surface area (Å²) in [4.78, 5) is 0. The molecule has 2 N–H and O–H groups in total. The van der Waals surface area contributed by atoms with E-state index in [-0.39, 0.29) is 12.2 Å². The van der Waals surface area contributed by atoms with Crippen LogP contribution in [-0.4, -0.2) is 103 Å². The second-order valence-corrected chi connectivity index (χ2v) is 7.73. The summed E-state index contributed by atoms with van der Waals surface area (Å²) in [6.07, 6.45) is 0.527. The number of piperazine rings is 1. The van der Waals surface area contributed by atoms with Gasteiger partial charge in [0.1, 0.15) is 52.4 Å². The highest BCUT2D eigenvalue weighted by Crippen LogP contribution is 2.30. The Morgan fingerprint density at radius 3 is 1.26 bits per heavy atom. The summed E-state index contributed by atoms with van der Waals surface area (Å²) in [7, 11) is -3.92. The molecule has 3 aliphatic rings. The van der Waals surface area contributed by atoms with Crippen LogP contribution in [0.3, 0.4) is 0 Å². The van der Waals surface area contributed by atoms with Gasteiger partial charge in [-0.15, -0.1) is 0 Å². The first kappa shape index (κ1) is 15.1. The van der Waals surface area contributed by atoms with Gasteiger partial charge >= 0.3 is 0 Å². The molecule has 0 aromatic rings. The van der Waals surface area contributed by atoms with Crippen molar-refractivity contribution in [1.29, 1.82) is 0 Å². The van der Waals surface area contributed by atoms with E-state index in [2.05, 4.69) is 0 Å². The van der Waals surface area contributed by atoms with Crippen LogP contribution < -0.4 is 0 Å². The summed E-state index contributed by atoms with van der Waals surface area (Å²) < 4.78 is 29.5. The van der Waals surface area contributed by atoms with Crippen LogP contribution in [-0.2, 0) is 10.1 Å². The van der Waals surface area contributed by atoms with Gasteiger partial charge in [-0.2, -0.15) is 0 Å². The van der Waals surface area contributed by atoms with Crippen LogP contribution in [0.5, 0.6) is 0 Å². The molecule has 0 radical (unpaired) electrons. The third kappa shape index (κ3) is 3.87. The number of hydrogen-bond donors (Lipinski definition) is 2. The molecular weight excluding hydrogens is 272 g/mol. The maximum Gasteiger partial charge on any atom is 0.152 e. The number of nitrogens with zero attached hydrogens (tertiary/aromatic N) is 2. The van der Waals surface area contributed by atoms with Crippen molar-refractivity contribution < 1.29 is 32.1 Å². The molecular formula is C11H23N2O5S+. The van der Waals surface area contributed by atoms with Crippen LogP contribution in [0.4, 0.5) is 0 Å². The number of aliphatic hydroxyl groups is 2. The Kier molecular flexibility index (Phi) is 3.94. The predicted molar refractivity (Wildman–Crippen MR) is 67.1 cm³/mol. The zero-order valence-electron chi connectivity index (χ0n) is 11.2. The third-order valence-electron chi connectivity index (χ3n) is 4.49. The Hall–Kier alpha value is -0.250. The van der Waals surface area contributed by atoms with Crippen molar-refractivity contribution in [1.82, 2.24) is 0 Å². The molecule has 0 saturated carbocycles. The lowest BCUT2D eigenvalue weighted by molar-refractivity contribution is -1.07. The lowest BCUT2D eigenvalue weighted by Crippen LogP contribution is -2.79. The highest BCUT2D eigenvalue weighted by atomic mass is 32.2. The number of rotatable bonds is 0. The second-order valence-electron chi connectivity index (χ2n) is 6.32. The van der Waals surface area contributed by atoms with E-state index >= 15 is 0 Å². The van der Waals surface area contributed by atoms with Gasteiger partial charge in [-0.25, -0.2) is 8.42 Å². The zero-order chi connectivity index (χ0) is 14.3. The van der Waals surface area contributed by atoms with Gasteiger partial charge in [0.05, 0.1) is 10.1 Å². The van der Waals surface area contributed by atoms with Gasteiger partial charge in [0.2, 0.25) is 0 Å². The first-order chi connectivity index (χ1) is 8.62. The first-order valence-electron chi connectivity index (χ1n) is 6.59. The SMILES string of the molecule is CS(=O)(=O)[O-].OC1C[N+]2(CC[N+]3(CC2)CC(O)C3)C1. The number of quaternary nitrogens is 2. The Balaban J connectivity index is 0.000000232. The molecule has 3 saturated heterocycles. The zero-order valence-corrected chi connectivity index (χ0v) is 12.0. The maximum atomic E-state index is 9.35. The molecule has 3 aliphatic heterocycles. The van der Waals surface area contributed by atoms with Crippen molar-refractivity contribution in [2.45, 2.75) is 12.2 Å². The molecule has 8 heteroatoms. The van der Waals surface area contributed by atoms with Crippen LogP contribution >= 0.6 is 0 Å². The van der Waals surface area contributed by atoms with Crippen LogP contribution in [0.15, 0.2) is 0 Å². The molecule has 3 heterocycles. The summed E-state index contributed by atoms with van der Waals surface area (Å²) in [5, 5.41) is 18.7. The van der Waals surface area contributed by atoms with E-state index in [9.17, 15) is 10.2 Å². The van der Waals surface area contributed by atoms with Gasteiger partial charge in [0.25, 0.3) is 0 Å². The highest BCUT2D eigenvalue weighted by Gasteiger charge is 2.53. The average molecular weight is 295 g/mol. The summed E-state index contributed by atoms with van der Waals surface area (Å²) in [5.74, 6) is 0. The van der Waals surface area contributed by atoms with E-state index in [1.165, 1.54) is 26.2 Å². The molecule has 0 aromatic heterocycles. The van der Waals surface area contributed by atoms with Gasteiger partial charge < -0.3 is 23.7 Å². The standard InChI is InChI=1S/C10H20N2O2.CH4O3S/c13-9-5-11(6-9)1-2-12(4-3-11)7-10(14)8-12;1-5(2,3)4/h9-10,13-14H,1-8H2;1H3,(H,2,3,4)/q+2;/p-1. The lowest BCUT2D eigenvalue weighted by atomic mass is 9.98. The first-order valence-corrected chi connectivity index (χ1v) is 8.40. The van der Waals surface area contributed by atoms with Gasteiger partial charge in [-0.05, 0) is 0 Å². The molecule has 0 aliphatic carbocycles. The second kappa shape index (κ2) is 4.94. The quantitative estimate of drug-likeness (QED) is 0.382. The van der Waals surface area contributed by atoms with E-state index in [0.29, 0.717) is 6.26 Å². The smallest absolute Gasteiger partial charge is 0.152 e. The Morgan fingerprint density at radius 2 is 1.11 bits per heavy atom. The minimum absolute atomic E-state index is 0.0384. The Morgan fingerprint density at radius 1 is 0.895 bits per heavy atom. The van der Waals surface area contributed by atoms with Crippen LogP contribution in [0.25, 0.3) is 0 Å². The van der Waals surface area contributed by atoms with Crippen molar-refractivity contribution in [3.8, 4) is 0 Å². The molecule has 3 fully saturated rings. The normalized spacial score (nSPS) is 45.1. The van der Waals surface area contributed by atoms with Gasteiger partial charge in [0.15, 0.2) is 12.2 Å². The summed E-state index contributed by atoms with van der Waals surface area (Å²) in [5.41, 5.74) is 0. The number of hydrogen-bond acceptors (Lipinski definition) is 5. The van der Waals surface area contributed by atoms with Crippen LogP contribution in [0.1, 0.15) is 0 Å². The molecule has 0 aromatic carbocycles. The van der Waals surface area contributed by atoms with Crippen molar-refractivity contribution >= 4 is 10.1 Å². The fourth-order valence-electron chi connectivity index (χ4n) is 3.48. The molecule has 3 rings (SSSR count). The lowest BCUT2D eigenvalue weighted by Gasteiger charge is -2.58.